The highest BCUT2D eigenvalue weighted by molar-refractivity contribution is 7.91. The van der Waals surface area contributed by atoms with Gasteiger partial charge < -0.3 is 10.1 Å². The van der Waals surface area contributed by atoms with Gasteiger partial charge in [-0.1, -0.05) is 13.3 Å². The lowest BCUT2D eigenvalue weighted by Gasteiger charge is -2.09. The minimum Gasteiger partial charge on any atom is -0.462 e. The molecule has 24 heavy (non-hydrogen) atoms. The highest BCUT2D eigenvalue weighted by atomic mass is 32.2. The molecule has 1 aliphatic rings. The van der Waals surface area contributed by atoms with Crippen LogP contribution in [0.3, 0.4) is 0 Å². The van der Waals surface area contributed by atoms with Gasteiger partial charge in [-0.3, -0.25) is 4.79 Å². The highest BCUT2D eigenvalue weighted by Gasteiger charge is 2.29. The summed E-state index contributed by atoms with van der Waals surface area (Å²) in [5.74, 6) is -0.446. The molecule has 0 aliphatic carbocycles. The third kappa shape index (κ3) is 5.63. The van der Waals surface area contributed by atoms with Gasteiger partial charge in [0.2, 0.25) is 5.91 Å². The third-order valence-electron chi connectivity index (χ3n) is 3.94. The van der Waals surface area contributed by atoms with Crippen molar-refractivity contribution in [1.29, 1.82) is 0 Å². The zero-order chi connectivity index (χ0) is 17.6. The summed E-state index contributed by atoms with van der Waals surface area (Å²) in [6.45, 7) is 2.42. The summed E-state index contributed by atoms with van der Waals surface area (Å²) < 4.78 is 27.9. The second-order valence-electron chi connectivity index (χ2n) is 6.09. The lowest BCUT2D eigenvalue weighted by molar-refractivity contribution is -0.116. The number of ether oxygens (including phenoxy) is 1. The number of amides is 1. The van der Waals surface area contributed by atoms with E-state index >= 15 is 0 Å². The van der Waals surface area contributed by atoms with Crippen LogP contribution in [0.1, 0.15) is 43.0 Å². The molecule has 0 saturated carbocycles. The third-order valence-corrected chi connectivity index (χ3v) is 5.77. The van der Waals surface area contributed by atoms with Crippen LogP contribution in [0.15, 0.2) is 24.3 Å². The highest BCUT2D eigenvalue weighted by Crippen LogP contribution is 2.22. The minimum atomic E-state index is -2.97. The number of anilines is 1. The van der Waals surface area contributed by atoms with Crippen LogP contribution < -0.4 is 5.32 Å². The van der Waals surface area contributed by atoms with Crippen molar-refractivity contribution >= 4 is 27.4 Å². The first-order valence-corrected chi connectivity index (χ1v) is 9.99. The van der Waals surface area contributed by atoms with Gasteiger partial charge in [0.25, 0.3) is 0 Å². The molecule has 1 aromatic carbocycles. The quantitative estimate of drug-likeness (QED) is 0.600. The van der Waals surface area contributed by atoms with Crippen molar-refractivity contribution in [2.75, 3.05) is 23.4 Å². The van der Waals surface area contributed by atoms with Gasteiger partial charge in [-0.25, -0.2) is 13.2 Å². The second kappa shape index (κ2) is 8.28. The summed E-state index contributed by atoms with van der Waals surface area (Å²) in [5, 5.41) is 2.73. The Morgan fingerprint density at radius 2 is 1.96 bits per heavy atom. The summed E-state index contributed by atoms with van der Waals surface area (Å²) in [7, 11) is -2.97. The van der Waals surface area contributed by atoms with E-state index in [0.29, 0.717) is 24.3 Å². The van der Waals surface area contributed by atoms with Gasteiger partial charge in [0.1, 0.15) is 0 Å². The van der Waals surface area contributed by atoms with E-state index in [9.17, 15) is 18.0 Å². The maximum atomic E-state index is 12.0. The van der Waals surface area contributed by atoms with Gasteiger partial charge in [-0.2, -0.15) is 0 Å². The Kier molecular flexibility index (Phi) is 6.36. The first kappa shape index (κ1) is 18.4. The summed E-state index contributed by atoms with van der Waals surface area (Å²) in [6, 6.07) is 6.48. The molecule has 0 aromatic heterocycles. The summed E-state index contributed by atoms with van der Waals surface area (Å²) >= 11 is 0. The fourth-order valence-corrected chi connectivity index (χ4v) is 4.45. The second-order valence-corrected chi connectivity index (χ2v) is 8.32. The number of esters is 1. The van der Waals surface area contributed by atoms with E-state index in [0.717, 1.165) is 12.8 Å². The van der Waals surface area contributed by atoms with E-state index in [1.807, 2.05) is 6.92 Å². The summed E-state index contributed by atoms with van der Waals surface area (Å²) in [6.07, 6.45) is 2.52. The topological polar surface area (TPSA) is 89.5 Å². The zero-order valence-electron chi connectivity index (χ0n) is 13.8. The molecular formula is C17H23NO5S. The molecule has 1 heterocycles. The Morgan fingerprint density at radius 1 is 1.25 bits per heavy atom. The van der Waals surface area contributed by atoms with Crippen LogP contribution >= 0.6 is 0 Å². The monoisotopic (exact) mass is 353 g/mol. The largest absolute Gasteiger partial charge is 0.462 e. The maximum Gasteiger partial charge on any atom is 0.338 e. The number of hydrogen-bond donors (Lipinski definition) is 1. The average molecular weight is 353 g/mol. The lowest BCUT2D eigenvalue weighted by Crippen LogP contribution is -2.17. The number of benzene rings is 1. The van der Waals surface area contributed by atoms with Crippen molar-refractivity contribution < 1.29 is 22.7 Å². The molecule has 1 aromatic rings. The smallest absolute Gasteiger partial charge is 0.338 e. The molecule has 0 radical (unpaired) electrons. The Labute approximate surface area is 142 Å². The van der Waals surface area contributed by atoms with E-state index < -0.39 is 9.84 Å². The first-order chi connectivity index (χ1) is 11.4. The molecule has 132 valence electrons. The van der Waals surface area contributed by atoms with Crippen molar-refractivity contribution in [1.82, 2.24) is 0 Å². The number of carbonyl (C=O) groups is 2. The molecule has 0 unspecified atom stereocenters. The minimum absolute atomic E-state index is 0.0863. The normalized spacial score (nSPS) is 19.0. The molecule has 1 atom stereocenters. The fraction of sp³-hybridized carbons (Fsp3) is 0.529. The number of nitrogens with one attached hydrogen (secondary N) is 1. The molecule has 7 heteroatoms. The predicted molar refractivity (Wildman–Crippen MR) is 91.6 cm³/mol. The van der Waals surface area contributed by atoms with Gasteiger partial charge in [0.15, 0.2) is 9.84 Å². The number of hydrogen-bond acceptors (Lipinski definition) is 5. The van der Waals surface area contributed by atoms with Gasteiger partial charge in [-0.15, -0.1) is 0 Å². The van der Waals surface area contributed by atoms with Crippen LogP contribution in [0, 0.1) is 5.92 Å². The molecule has 0 bridgehead atoms. The predicted octanol–water partition coefficient (Wildman–Crippen LogP) is 2.41. The average Bonchev–Trinajstić information content (AvgIpc) is 2.86. The lowest BCUT2D eigenvalue weighted by atomic mass is 10.0. The number of unbranched alkanes of at least 4 members (excludes halogenated alkanes) is 1. The zero-order valence-corrected chi connectivity index (χ0v) is 14.6. The van der Waals surface area contributed by atoms with E-state index in [4.69, 9.17) is 4.74 Å². The van der Waals surface area contributed by atoms with Gasteiger partial charge in [-0.05, 0) is 43.0 Å². The van der Waals surface area contributed by atoms with Crippen LogP contribution in [0.4, 0.5) is 5.69 Å². The van der Waals surface area contributed by atoms with Gasteiger partial charge in [0, 0.05) is 12.1 Å². The Hall–Kier alpha value is -1.89. The van der Waals surface area contributed by atoms with Crippen LogP contribution in [0.25, 0.3) is 0 Å². The molecule has 1 amide bonds. The molecule has 1 fully saturated rings. The molecule has 6 nitrogen and oxygen atoms in total. The summed E-state index contributed by atoms with van der Waals surface area (Å²) in [5.41, 5.74) is 1.01. The van der Waals surface area contributed by atoms with Crippen LogP contribution in [-0.4, -0.2) is 38.4 Å². The van der Waals surface area contributed by atoms with E-state index in [1.54, 1.807) is 24.3 Å². The molecular weight excluding hydrogens is 330 g/mol. The van der Waals surface area contributed by atoms with E-state index in [1.165, 1.54) is 0 Å². The first-order valence-electron chi connectivity index (χ1n) is 8.17. The SMILES string of the molecule is CCCCOC(=O)c1ccc(NC(=O)C[C@H]2CCS(=O)(=O)C2)cc1. The van der Waals surface area contributed by atoms with Crippen LogP contribution in [-0.2, 0) is 19.4 Å². The van der Waals surface area contributed by atoms with E-state index in [2.05, 4.69) is 5.32 Å². The molecule has 0 spiro atoms. The number of sulfone groups is 1. The van der Waals surface area contributed by atoms with Crippen molar-refractivity contribution in [2.24, 2.45) is 5.92 Å². The van der Waals surface area contributed by atoms with E-state index in [-0.39, 0.29) is 35.7 Å². The molecule has 1 saturated heterocycles. The van der Waals surface area contributed by atoms with Gasteiger partial charge in [0.05, 0.1) is 23.7 Å². The fourth-order valence-electron chi connectivity index (χ4n) is 2.59. The summed E-state index contributed by atoms with van der Waals surface area (Å²) in [4.78, 5) is 23.8. The molecule has 1 aliphatic heterocycles. The number of rotatable bonds is 7. The Bertz CT molecular complexity index is 681. The van der Waals surface area contributed by atoms with Crippen LogP contribution in [0.5, 0.6) is 0 Å². The van der Waals surface area contributed by atoms with Crippen molar-refractivity contribution in [2.45, 2.75) is 32.6 Å². The molecule has 2 rings (SSSR count). The Morgan fingerprint density at radius 3 is 2.54 bits per heavy atom. The Balaban J connectivity index is 1.83. The maximum absolute atomic E-state index is 12.0. The van der Waals surface area contributed by atoms with Gasteiger partial charge >= 0.3 is 5.97 Å². The molecule has 1 N–H and O–H groups in total. The van der Waals surface area contributed by atoms with Crippen molar-refractivity contribution in [3.8, 4) is 0 Å². The standard InChI is InChI=1S/C17H23NO5S/c1-2-3-9-23-17(20)14-4-6-15(7-5-14)18-16(19)11-13-8-10-24(21,22)12-13/h4-7,13H,2-3,8-12H2,1H3,(H,18,19)/t13-/m1/s1. The number of carbonyl (C=O) groups excluding carboxylic acids is 2. The van der Waals surface area contributed by atoms with Crippen molar-refractivity contribution in [3.63, 3.8) is 0 Å². The van der Waals surface area contributed by atoms with Crippen molar-refractivity contribution in [3.05, 3.63) is 29.8 Å². The van der Waals surface area contributed by atoms with Crippen LogP contribution in [0.2, 0.25) is 0 Å².